The first-order valence-electron chi connectivity index (χ1n) is 4.25. The van der Waals surface area contributed by atoms with Crippen molar-refractivity contribution < 1.29 is 17.9 Å². The Balaban J connectivity index is 3.33. The van der Waals surface area contributed by atoms with Crippen LogP contribution >= 0.6 is 10.7 Å². The third-order valence-corrected chi connectivity index (χ3v) is 3.28. The highest BCUT2D eigenvalue weighted by molar-refractivity contribution is 8.13. The molecule has 1 aromatic rings. The maximum atomic E-state index is 11.3. The summed E-state index contributed by atoms with van der Waals surface area (Å²) in [6.07, 6.45) is 0. The van der Waals surface area contributed by atoms with Crippen molar-refractivity contribution in [2.45, 2.75) is 4.90 Å². The van der Waals surface area contributed by atoms with Gasteiger partial charge in [0.05, 0.1) is 7.11 Å². The van der Waals surface area contributed by atoms with Gasteiger partial charge >= 0.3 is 0 Å². The molecule has 0 aliphatic heterocycles. The van der Waals surface area contributed by atoms with Crippen LogP contribution in [0.4, 0.5) is 0 Å². The van der Waals surface area contributed by atoms with Gasteiger partial charge in [0, 0.05) is 23.3 Å². The fourth-order valence-corrected chi connectivity index (χ4v) is 2.15. The van der Waals surface area contributed by atoms with E-state index in [0.717, 1.165) is 0 Å². The first-order valence-corrected chi connectivity index (χ1v) is 6.56. The number of ether oxygens (including phenoxy) is 1. The van der Waals surface area contributed by atoms with Crippen molar-refractivity contribution in [3.8, 4) is 5.75 Å². The SMILES string of the molecule is CNC(=O)c1ccc(S(=O)(=O)Cl)c(OC)c1. The van der Waals surface area contributed by atoms with Gasteiger partial charge in [-0.2, -0.15) is 0 Å². The van der Waals surface area contributed by atoms with Gasteiger partial charge in [-0.25, -0.2) is 8.42 Å². The molecule has 5 nitrogen and oxygen atoms in total. The van der Waals surface area contributed by atoms with E-state index in [-0.39, 0.29) is 16.6 Å². The van der Waals surface area contributed by atoms with Crippen molar-refractivity contribution in [2.24, 2.45) is 0 Å². The number of carbonyl (C=O) groups is 1. The lowest BCUT2D eigenvalue weighted by molar-refractivity contribution is 0.0962. The maximum Gasteiger partial charge on any atom is 0.264 e. The Kier molecular flexibility index (Phi) is 3.77. The summed E-state index contributed by atoms with van der Waals surface area (Å²) >= 11 is 0. The van der Waals surface area contributed by atoms with E-state index in [0.29, 0.717) is 5.56 Å². The molecule has 0 bridgehead atoms. The standard InChI is InChI=1S/C9H10ClNO4S/c1-11-9(12)6-3-4-8(16(10,13)14)7(5-6)15-2/h3-5H,1-2H3,(H,11,12). The average molecular weight is 264 g/mol. The van der Waals surface area contributed by atoms with Crippen LogP contribution in [0.25, 0.3) is 0 Å². The number of benzene rings is 1. The minimum absolute atomic E-state index is 0.0381. The molecule has 0 unspecified atom stereocenters. The molecular weight excluding hydrogens is 254 g/mol. The van der Waals surface area contributed by atoms with Gasteiger partial charge in [0.1, 0.15) is 10.6 Å². The summed E-state index contributed by atoms with van der Waals surface area (Å²) in [6.45, 7) is 0. The molecule has 88 valence electrons. The third kappa shape index (κ3) is 2.65. The molecule has 1 aromatic carbocycles. The first kappa shape index (κ1) is 12.8. The highest BCUT2D eigenvalue weighted by atomic mass is 35.7. The molecule has 0 aromatic heterocycles. The van der Waals surface area contributed by atoms with Crippen molar-refractivity contribution >= 4 is 25.6 Å². The van der Waals surface area contributed by atoms with Gasteiger partial charge in [0.15, 0.2) is 0 Å². The summed E-state index contributed by atoms with van der Waals surface area (Å²) in [7, 11) is 4.09. The van der Waals surface area contributed by atoms with E-state index in [1.54, 1.807) is 0 Å². The average Bonchev–Trinajstić information content (AvgIpc) is 2.25. The first-order chi connectivity index (χ1) is 7.40. The zero-order chi connectivity index (χ0) is 12.3. The van der Waals surface area contributed by atoms with E-state index in [9.17, 15) is 13.2 Å². The molecule has 0 saturated heterocycles. The van der Waals surface area contributed by atoms with Gasteiger partial charge < -0.3 is 10.1 Å². The van der Waals surface area contributed by atoms with Gasteiger partial charge in [-0.1, -0.05) is 0 Å². The predicted octanol–water partition coefficient (Wildman–Crippen LogP) is 0.982. The van der Waals surface area contributed by atoms with Crippen LogP contribution in [0.2, 0.25) is 0 Å². The minimum Gasteiger partial charge on any atom is -0.495 e. The van der Waals surface area contributed by atoms with Crippen LogP contribution in [-0.2, 0) is 9.05 Å². The fraction of sp³-hybridized carbons (Fsp3) is 0.222. The van der Waals surface area contributed by atoms with Gasteiger partial charge in [-0.3, -0.25) is 4.79 Å². The number of nitrogens with one attached hydrogen (secondary N) is 1. The molecule has 16 heavy (non-hydrogen) atoms. The number of rotatable bonds is 3. The van der Waals surface area contributed by atoms with Crippen molar-refractivity contribution in [3.63, 3.8) is 0 Å². The van der Waals surface area contributed by atoms with E-state index in [1.807, 2.05) is 0 Å². The zero-order valence-electron chi connectivity index (χ0n) is 8.65. The molecule has 0 aliphatic carbocycles. The van der Waals surface area contributed by atoms with Crippen molar-refractivity contribution in [1.82, 2.24) is 5.32 Å². The highest BCUT2D eigenvalue weighted by Gasteiger charge is 2.18. The molecule has 7 heteroatoms. The van der Waals surface area contributed by atoms with Crippen LogP contribution in [0.1, 0.15) is 10.4 Å². The number of halogens is 1. The lowest BCUT2D eigenvalue weighted by atomic mass is 10.2. The second kappa shape index (κ2) is 4.71. The zero-order valence-corrected chi connectivity index (χ0v) is 10.2. The maximum absolute atomic E-state index is 11.3. The minimum atomic E-state index is -3.88. The Hall–Kier alpha value is -1.27. The Morgan fingerprint density at radius 3 is 2.50 bits per heavy atom. The molecule has 0 heterocycles. The van der Waals surface area contributed by atoms with Crippen LogP contribution < -0.4 is 10.1 Å². The fourth-order valence-electron chi connectivity index (χ4n) is 1.15. The van der Waals surface area contributed by atoms with E-state index >= 15 is 0 Å². The summed E-state index contributed by atoms with van der Waals surface area (Å²) in [5, 5.41) is 2.41. The molecule has 1 rings (SSSR count). The van der Waals surface area contributed by atoms with Gasteiger partial charge in [-0.05, 0) is 18.2 Å². The van der Waals surface area contributed by atoms with Crippen molar-refractivity contribution in [2.75, 3.05) is 14.2 Å². The normalized spacial score (nSPS) is 10.9. The molecule has 0 saturated carbocycles. The van der Waals surface area contributed by atoms with Gasteiger partial charge in [0.2, 0.25) is 0 Å². The number of hydrogen-bond donors (Lipinski definition) is 1. The number of carbonyl (C=O) groups excluding carboxylic acids is 1. The van der Waals surface area contributed by atoms with Crippen molar-refractivity contribution in [3.05, 3.63) is 23.8 Å². The molecule has 0 atom stereocenters. The van der Waals surface area contributed by atoms with Crippen LogP contribution in [0.5, 0.6) is 5.75 Å². The Morgan fingerprint density at radius 1 is 1.44 bits per heavy atom. The quantitative estimate of drug-likeness (QED) is 0.825. The summed E-state index contributed by atoms with van der Waals surface area (Å²) in [5.41, 5.74) is 0.295. The Labute approximate surface area is 97.8 Å². The molecule has 0 aliphatic rings. The summed E-state index contributed by atoms with van der Waals surface area (Å²) in [4.78, 5) is 11.1. The van der Waals surface area contributed by atoms with Crippen LogP contribution in [0, 0.1) is 0 Å². The number of methoxy groups -OCH3 is 1. The summed E-state index contributed by atoms with van der Waals surface area (Å²) in [5.74, 6) is -0.298. The number of hydrogen-bond acceptors (Lipinski definition) is 4. The third-order valence-electron chi connectivity index (χ3n) is 1.92. The van der Waals surface area contributed by atoms with E-state index in [2.05, 4.69) is 5.32 Å². The van der Waals surface area contributed by atoms with Gasteiger partial charge in [-0.15, -0.1) is 0 Å². The predicted molar refractivity (Wildman–Crippen MR) is 59.4 cm³/mol. The summed E-state index contributed by atoms with van der Waals surface area (Å²) in [6, 6.07) is 3.90. The second-order valence-corrected chi connectivity index (χ2v) is 5.42. The molecule has 0 fully saturated rings. The highest BCUT2D eigenvalue weighted by Crippen LogP contribution is 2.27. The van der Waals surface area contributed by atoms with Crippen LogP contribution in [0.3, 0.4) is 0 Å². The molecule has 0 radical (unpaired) electrons. The molecule has 0 spiro atoms. The van der Waals surface area contributed by atoms with E-state index < -0.39 is 9.05 Å². The Bertz CT molecular complexity index is 512. The van der Waals surface area contributed by atoms with Crippen LogP contribution in [0.15, 0.2) is 23.1 Å². The van der Waals surface area contributed by atoms with E-state index in [1.165, 1.54) is 32.4 Å². The largest absolute Gasteiger partial charge is 0.495 e. The topological polar surface area (TPSA) is 72.5 Å². The number of amides is 1. The lowest BCUT2D eigenvalue weighted by Crippen LogP contribution is -2.17. The second-order valence-electron chi connectivity index (χ2n) is 2.88. The molecule has 1 N–H and O–H groups in total. The lowest BCUT2D eigenvalue weighted by Gasteiger charge is -2.07. The molecular formula is C9H10ClNO4S. The van der Waals surface area contributed by atoms with E-state index in [4.69, 9.17) is 15.4 Å². The Morgan fingerprint density at radius 2 is 2.06 bits per heavy atom. The monoisotopic (exact) mass is 263 g/mol. The van der Waals surface area contributed by atoms with Gasteiger partial charge in [0.25, 0.3) is 15.0 Å². The smallest absolute Gasteiger partial charge is 0.264 e. The molecule has 1 amide bonds. The van der Waals surface area contributed by atoms with Crippen molar-refractivity contribution in [1.29, 1.82) is 0 Å². The van der Waals surface area contributed by atoms with Crippen LogP contribution in [-0.4, -0.2) is 28.5 Å². The summed E-state index contributed by atoms with van der Waals surface area (Å²) < 4.78 is 27.2.